The van der Waals surface area contributed by atoms with E-state index in [4.69, 9.17) is 0 Å². The molecule has 1 N–H and O–H groups in total. The van der Waals surface area contributed by atoms with E-state index in [2.05, 4.69) is 5.32 Å². The van der Waals surface area contributed by atoms with Crippen LogP contribution in [0.5, 0.6) is 0 Å². The van der Waals surface area contributed by atoms with E-state index in [1.807, 2.05) is 0 Å². The highest BCUT2D eigenvalue weighted by Gasteiger charge is 2.41. The summed E-state index contributed by atoms with van der Waals surface area (Å²) < 4.78 is 83.9. The molecule has 0 fully saturated rings. The maximum absolute atomic E-state index is 14.0. The summed E-state index contributed by atoms with van der Waals surface area (Å²) in [5, 5.41) is 2.45. The van der Waals surface area contributed by atoms with Crippen LogP contribution in [0, 0.1) is 11.8 Å². The molecule has 0 radical (unpaired) electrons. The number of rotatable bonds is 10. The molecule has 0 spiro atoms. The van der Waals surface area contributed by atoms with Crippen LogP contribution in [0.4, 0.5) is 26.3 Å². The molecule has 0 bridgehead atoms. The molecule has 0 aliphatic heterocycles. The van der Waals surface area contributed by atoms with E-state index in [1.165, 1.54) is 6.07 Å². The van der Waals surface area contributed by atoms with Gasteiger partial charge in [0.15, 0.2) is 0 Å². The first-order chi connectivity index (χ1) is 18.1. The number of amides is 1. The number of carbonyl (C=O) groups is 3. The van der Waals surface area contributed by atoms with E-state index >= 15 is 0 Å². The van der Waals surface area contributed by atoms with Crippen molar-refractivity contribution in [2.24, 2.45) is 11.8 Å². The van der Waals surface area contributed by atoms with Crippen molar-refractivity contribution >= 4 is 24.1 Å². The van der Waals surface area contributed by atoms with Gasteiger partial charge in [-0.3, -0.25) is 4.79 Å². The highest BCUT2D eigenvalue weighted by Crippen LogP contribution is 2.44. The van der Waals surface area contributed by atoms with E-state index in [-0.39, 0.29) is 24.5 Å². The number of benzene rings is 1. The third-order valence-electron chi connectivity index (χ3n) is 6.68. The standard InChI is InChI=1S/C29H31F6NO3/c1-5-18(3)20-6-9-24(26(14-20)29(33,34)35)23-10-7-22(8-11-25(23)28(30,31)32)36-27(39)13-17(2)12-21(16-38)19(4)15-37/h6-7,9-11,13-16,18-19,21H,5,8,12H2,1-4H3,(H,36,39)/b17-13+. The van der Waals surface area contributed by atoms with Crippen molar-refractivity contribution < 1.29 is 40.7 Å². The number of carbonyl (C=O) groups excluding carboxylic acids is 3. The molecule has 1 aliphatic rings. The Kier molecular flexibility index (Phi) is 10.7. The summed E-state index contributed by atoms with van der Waals surface area (Å²) in [6, 6.07) is 3.35. The van der Waals surface area contributed by atoms with Crippen LogP contribution in [0.25, 0.3) is 5.57 Å². The maximum atomic E-state index is 14.0. The summed E-state index contributed by atoms with van der Waals surface area (Å²) >= 11 is 0. The molecule has 212 valence electrons. The van der Waals surface area contributed by atoms with E-state index in [9.17, 15) is 40.7 Å². The predicted octanol–water partition coefficient (Wildman–Crippen LogP) is 7.48. The molecule has 1 aromatic rings. The molecular weight excluding hydrogens is 524 g/mol. The first kappa shape index (κ1) is 31.8. The summed E-state index contributed by atoms with van der Waals surface area (Å²) in [5.41, 5.74) is -2.81. The zero-order valence-corrected chi connectivity index (χ0v) is 22.0. The Hall–Kier alpha value is -3.43. The first-order valence-corrected chi connectivity index (χ1v) is 12.4. The fourth-order valence-electron chi connectivity index (χ4n) is 4.14. The number of alkyl halides is 6. The molecule has 0 saturated heterocycles. The third kappa shape index (κ3) is 8.53. The fraction of sp³-hybridized carbons (Fsp3) is 0.414. The lowest BCUT2D eigenvalue weighted by Crippen LogP contribution is -2.21. The van der Waals surface area contributed by atoms with Gasteiger partial charge in [-0.2, -0.15) is 26.3 Å². The Labute approximate surface area is 223 Å². The number of nitrogens with one attached hydrogen (secondary N) is 1. The highest BCUT2D eigenvalue weighted by molar-refractivity contribution is 5.90. The fourth-order valence-corrected chi connectivity index (χ4v) is 4.14. The highest BCUT2D eigenvalue weighted by atomic mass is 19.4. The number of hydrogen-bond acceptors (Lipinski definition) is 3. The van der Waals surface area contributed by atoms with Gasteiger partial charge in [0, 0.05) is 30.0 Å². The monoisotopic (exact) mass is 555 g/mol. The topological polar surface area (TPSA) is 63.2 Å². The van der Waals surface area contributed by atoms with Gasteiger partial charge in [0.2, 0.25) is 5.91 Å². The smallest absolute Gasteiger partial charge is 0.326 e. The molecule has 4 nitrogen and oxygen atoms in total. The van der Waals surface area contributed by atoms with Gasteiger partial charge >= 0.3 is 12.4 Å². The van der Waals surface area contributed by atoms with Gasteiger partial charge in [-0.05, 0) is 54.5 Å². The molecule has 39 heavy (non-hydrogen) atoms. The first-order valence-electron chi connectivity index (χ1n) is 12.4. The van der Waals surface area contributed by atoms with E-state index in [0.29, 0.717) is 30.1 Å². The van der Waals surface area contributed by atoms with Crippen molar-refractivity contribution in [2.75, 3.05) is 0 Å². The molecule has 10 heteroatoms. The SMILES string of the molecule is CCC(C)c1ccc(C2=CC=C(NC(=O)/C=C(\C)CC(C=O)C(C)C=O)CC=C2C(F)(F)F)c(C(F)(F)F)c1. The number of allylic oxidation sites excluding steroid dienone is 6. The molecule has 1 amide bonds. The number of aldehydes is 2. The van der Waals surface area contributed by atoms with Crippen molar-refractivity contribution in [1.29, 1.82) is 0 Å². The summed E-state index contributed by atoms with van der Waals surface area (Å²) in [5.74, 6) is -2.10. The molecule has 0 saturated carbocycles. The molecule has 0 heterocycles. The normalized spacial score (nSPS) is 17.2. The molecule has 1 aromatic carbocycles. The summed E-state index contributed by atoms with van der Waals surface area (Å²) in [4.78, 5) is 34.7. The van der Waals surface area contributed by atoms with Gasteiger partial charge in [0.05, 0.1) is 11.1 Å². The van der Waals surface area contributed by atoms with Gasteiger partial charge in [0.25, 0.3) is 0 Å². The van der Waals surface area contributed by atoms with Crippen molar-refractivity contribution in [3.05, 3.63) is 76.0 Å². The van der Waals surface area contributed by atoms with Crippen LogP contribution in [-0.2, 0) is 20.6 Å². The minimum Gasteiger partial charge on any atom is -0.326 e. The van der Waals surface area contributed by atoms with Crippen LogP contribution in [0.2, 0.25) is 0 Å². The van der Waals surface area contributed by atoms with Crippen LogP contribution in [-0.4, -0.2) is 24.7 Å². The molecule has 0 aromatic heterocycles. The number of hydrogen-bond donors (Lipinski definition) is 1. The minimum atomic E-state index is -4.95. The van der Waals surface area contributed by atoms with Gasteiger partial charge in [0.1, 0.15) is 12.6 Å². The zero-order chi connectivity index (χ0) is 29.5. The van der Waals surface area contributed by atoms with E-state index in [1.54, 1.807) is 27.7 Å². The second-order valence-electron chi connectivity index (χ2n) is 9.68. The van der Waals surface area contributed by atoms with Crippen LogP contribution in [0.1, 0.15) is 69.6 Å². The lowest BCUT2D eigenvalue weighted by atomic mass is 9.88. The Morgan fingerprint density at radius 3 is 2.23 bits per heavy atom. The Balaban J connectivity index is 2.47. The quantitative estimate of drug-likeness (QED) is 0.185. The minimum absolute atomic E-state index is 0.0405. The Morgan fingerprint density at radius 2 is 1.69 bits per heavy atom. The van der Waals surface area contributed by atoms with Gasteiger partial charge in [-0.25, -0.2) is 0 Å². The molecule has 2 rings (SSSR count). The molecule has 1 aliphatic carbocycles. The average Bonchev–Trinajstić information content (AvgIpc) is 3.07. The van der Waals surface area contributed by atoms with Crippen molar-refractivity contribution in [1.82, 2.24) is 5.32 Å². The Bertz CT molecular complexity index is 1200. The summed E-state index contributed by atoms with van der Waals surface area (Å²) in [6.45, 7) is 6.66. The number of halogens is 6. The molecule has 3 unspecified atom stereocenters. The van der Waals surface area contributed by atoms with Crippen LogP contribution >= 0.6 is 0 Å². The predicted molar refractivity (Wildman–Crippen MR) is 136 cm³/mol. The van der Waals surface area contributed by atoms with Gasteiger partial charge < -0.3 is 14.9 Å². The van der Waals surface area contributed by atoms with Crippen molar-refractivity contribution in [3.8, 4) is 0 Å². The average molecular weight is 556 g/mol. The maximum Gasteiger partial charge on any atom is 0.417 e. The van der Waals surface area contributed by atoms with Crippen LogP contribution < -0.4 is 5.32 Å². The lowest BCUT2D eigenvalue weighted by Gasteiger charge is -2.21. The van der Waals surface area contributed by atoms with Gasteiger partial charge in [-0.15, -0.1) is 0 Å². The van der Waals surface area contributed by atoms with E-state index in [0.717, 1.165) is 36.4 Å². The Morgan fingerprint density at radius 1 is 1.03 bits per heavy atom. The van der Waals surface area contributed by atoms with Crippen molar-refractivity contribution in [3.63, 3.8) is 0 Å². The van der Waals surface area contributed by atoms with Crippen LogP contribution in [0.3, 0.4) is 0 Å². The van der Waals surface area contributed by atoms with Crippen molar-refractivity contribution in [2.45, 2.75) is 65.2 Å². The second-order valence-corrected chi connectivity index (χ2v) is 9.68. The molecular formula is C29H31F6NO3. The lowest BCUT2D eigenvalue weighted by molar-refractivity contribution is -0.138. The largest absolute Gasteiger partial charge is 0.417 e. The third-order valence-corrected chi connectivity index (χ3v) is 6.68. The van der Waals surface area contributed by atoms with Gasteiger partial charge in [-0.1, -0.05) is 50.6 Å². The van der Waals surface area contributed by atoms with Crippen LogP contribution in [0.15, 0.2) is 59.3 Å². The zero-order valence-electron chi connectivity index (χ0n) is 22.0. The summed E-state index contributed by atoms with van der Waals surface area (Å²) in [7, 11) is 0. The molecule has 3 atom stereocenters. The summed E-state index contributed by atoms with van der Waals surface area (Å²) in [6.07, 6.45) is -4.33. The van der Waals surface area contributed by atoms with E-state index < -0.39 is 52.4 Å². The second kappa shape index (κ2) is 13.1.